The lowest BCUT2D eigenvalue weighted by Crippen LogP contribution is -2.42. The fourth-order valence-corrected chi connectivity index (χ4v) is 1.02. The van der Waals surface area contributed by atoms with Crippen molar-refractivity contribution >= 4 is 5.96 Å². The standard InChI is InChI=1S/C8H17N7O/c1-15-6-12-14-7(15)5-11-8(13-9)10-3-4-16-2/h6H,3-5,9H2,1-2H3,(H2,10,11,13). The molecular weight excluding hydrogens is 210 g/mol. The van der Waals surface area contributed by atoms with Crippen LogP contribution in [0.25, 0.3) is 0 Å². The number of methoxy groups -OCH3 is 1. The molecule has 0 radical (unpaired) electrons. The molecule has 0 unspecified atom stereocenters. The van der Waals surface area contributed by atoms with Crippen LogP contribution in [0.5, 0.6) is 0 Å². The maximum atomic E-state index is 5.31. The molecule has 0 aliphatic carbocycles. The molecule has 0 aliphatic heterocycles. The van der Waals surface area contributed by atoms with E-state index in [1.54, 1.807) is 18.0 Å². The van der Waals surface area contributed by atoms with Gasteiger partial charge < -0.3 is 14.6 Å². The number of aliphatic imine (C=N–C) groups is 1. The molecule has 16 heavy (non-hydrogen) atoms. The zero-order valence-electron chi connectivity index (χ0n) is 9.47. The number of hydrogen-bond acceptors (Lipinski definition) is 5. The van der Waals surface area contributed by atoms with Crippen molar-refractivity contribution in [2.75, 3.05) is 20.3 Å². The number of aryl methyl sites for hydroxylation is 1. The topological polar surface area (TPSA) is 102 Å². The van der Waals surface area contributed by atoms with E-state index in [9.17, 15) is 0 Å². The Morgan fingerprint density at radius 3 is 3.06 bits per heavy atom. The van der Waals surface area contributed by atoms with Gasteiger partial charge in [-0.1, -0.05) is 0 Å². The van der Waals surface area contributed by atoms with Crippen LogP contribution in [0, 0.1) is 0 Å². The van der Waals surface area contributed by atoms with Crippen LogP contribution in [0.2, 0.25) is 0 Å². The van der Waals surface area contributed by atoms with Crippen molar-refractivity contribution in [3.63, 3.8) is 0 Å². The van der Waals surface area contributed by atoms with Crippen LogP contribution in [0.3, 0.4) is 0 Å². The van der Waals surface area contributed by atoms with Gasteiger partial charge in [0.25, 0.3) is 0 Å². The van der Waals surface area contributed by atoms with Gasteiger partial charge in [0.05, 0.1) is 6.61 Å². The van der Waals surface area contributed by atoms with Crippen LogP contribution >= 0.6 is 0 Å². The Balaban J connectivity index is 2.43. The van der Waals surface area contributed by atoms with Gasteiger partial charge in [-0.2, -0.15) is 0 Å². The quantitative estimate of drug-likeness (QED) is 0.183. The van der Waals surface area contributed by atoms with Crippen molar-refractivity contribution < 1.29 is 4.74 Å². The number of hydrazine groups is 1. The molecule has 0 spiro atoms. The summed E-state index contributed by atoms with van der Waals surface area (Å²) in [4.78, 5) is 4.21. The summed E-state index contributed by atoms with van der Waals surface area (Å²) in [5, 5.41) is 10.6. The van der Waals surface area contributed by atoms with Gasteiger partial charge in [-0.3, -0.25) is 5.43 Å². The van der Waals surface area contributed by atoms with Crippen molar-refractivity contribution in [3.8, 4) is 0 Å². The molecule has 1 rings (SSSR count). The first kappa shape index (κ1) is 12.4. The Kier molecular flexibility index (Phi) is 5.23. The van der Waals surface area contributed by atoms with Gasteiger partial charge in [-0.15, -0.1) is 10.2 Å². The Bertz CT molecular complexity index is 335. The minimum atomic E-state index is 0.413. The first-order valence-corrected chi connectivity index (χ1v) is 4.84. The highest BCUT2D eigenvalue weighted by atomic mass is 16.5. The molecule has 0 aliphatic rings. The minimum absolute atomic E-state index is 0.413. The number of aromatic nitrogens is 3. The number of nitrogens with two attached hydrogens (primary N) is 1. The average Bonchev–Trinajstić information content (AvgIpc) is 2.69. The molecule has 4 N–H and O–H groups in total. The van der Waals surface area contributed by atoms with E-state index in [4.69, 9.17) is 10.6 Å². The maximum Gasteiger partial charge on any atom is 0.206 e. The highest BCUT2D eigenvalue weighted by Crippen LogP contribution is 1.93. The van der Waals surface area contributed by atoms with Crippen LogP contribution in [0.15, 0.2) is 11.3 Å². The molecule has 8 nitrogen and oxygen atoms in total. The molecule has 0 fully saturated rings. The molecule has 1 aromatic heterocycles. The summed E-state index contributed by atoms with van der Waals surface area (Å²) >= 11 is 0. The zero-order chi connectivity index (χ0) is 11.8. The lowest BCUT2D eigenvalue weighted by molar-refractivity contribution is 0.203. The van der Waals surface area contributed by atoms with Gasteiger partial charge in [-0.25, -0.2) is 10.8 Å². The van der Waals surface area contributed by atoms with E-state index >= 15 is 0 Å². The summed E-state index contributed by atoms with van der Waals surface area (Å²) in [7, 11) is 3.49. The van der Waals surface area contributed by atoms with E-state index in [-0.39, 0.29) is 0 Å². The van der Waals surface area contributed by atoms with Crippen molar-refractivity contribution in [2.24, 2.45) is 17.9 Å². The third-order valence-electron chi connectivity index (χ3n) is 1.92. The van der Waals surface area contributed by atoms with Gasteiger partial charge in [0.15, 0.2) is 5.82 Å². The lowest BCUT2D eigenvalue weighted by atomic mass is 10.6. The monoisotopic (exact) mass is 227 g/mol. The average molecular weight is 227 g/mol. The molecule has 8 heteroatoms. The summed E-state index contributed by atoms with van der Waals surface area (Å²) in [6.45, 7) is 1.64. The number of ether oxygens (including phenoxy) is 1. The second kappa shape index (κ2) is 6.75. The molecule has 0 aromatic carbocycles. The highest BCUT2D eigenvalue weighted by molar-refractivity contribution is 5.79. The number of hydrogen-bond donors (Lipinski definition) is 3. The highest BCUT2D eigenvalue weighted by Gasteiger charge is 2.00. The summed E-state index contributed by atoms with van der Waals surface area (Å²) in [6.07, 6.45) is 1.62. The van der Waals surface area contributed by atoms with Crippen LogP contribution in [0.1, 0.15) is 5.82 Å². The van der Waals surface area contributed by atoms with Crippen LogP contribution < -0.4 is 16.6 Å². The Labute approximate surface area is 93.9 Å². The first-order chi connectivity index (χ1) is 7.77. The SMILES string of the molecule is COCCNC(=NCc1nncn1C)NN. The Hall–Kier alpha value is -1.67. The number of rotatable bonds is 5. The smallest absolute Gasteiger partial charge is 0.206 e. The van der Waals surface area contributed by atoms with Gasteiger partial charge in [-0.05, 0) is 0 Å². The van der Waals surface area contributed by atoms with E-state index in [1.165, 1.54) is 0 Å². The van der Waals surface area contributed by atoms with Gasteiger partial charge in [0, 0.05) is 20.7 Å². The molecule has 0 atom stereocenters. The molecule has 0 saturated carbocycles. The summed E-state index contributed by atoms with van der Waals surface area (Å²) in [5.74, 6) is 6.57. The third kappa shape index (κ3) is 3.83. The summed E-state index contributed by atoms with van der Waals surface area (Å²) < 4.78 is 6.69. The fraction of sp³-hybridized carbons (Fsp3) is 0.625. The van der Waals surface area contributed by atoms with Crippen molar-refractivity contribution in [2.45, 2.75) is 6.54 Å². The zero-order valence-corrected chi connectivity index (χ0v) is 9.47. The van der Waals surface area contributed by atoms with Crippen molar-refractivity contribution in [1.29, 1.82) is 0 Å². The Morgan fingerprint density at radius 2 is 2.50 bits per heavy atom. The second-order valence-electron chi connectivity index (χ2n) is 3.09. The summed E-state index contributed by atoms with van der Waals surface area (Å²) in [6, 6.07) is 0. The predicted molar refractivity (Wildman–Crippen MR) is 59.3 cm³/mol. The maximum absolute atomic E-state index is 5.31. The lowest BCUT2D eigenvalue weighted by Gasteiger charge is -2.08. The van der Waals surface area contributed by atoms with E-state index in [2.05, 4.69) is 25.9 Å². The van der Waals surface area contributed by atoms with E-state index in [0.29, 0.717) is 25.7 Å². The van der Waals surface area contributed by atoms with E-state index in [0.717, 1.165) is 5.82 Å². The fourth-order valence-electron chi connectivity index (χ4n) is 1.02. The molecule has 90 valence electrons. The second-order valence-corrected chi connectivity index (χ2v) is 3.09. The van der Waals surface area contributed by atoms with Gasteiger partial charge in [0.1, 0.15) is 12.9 Å². The molecule has 1 aromatic rings. The van der Waals surface area contributed by atoms with Crippen LogP contribution in [-0.2, 0) is 18.3 Å². The van der Waals surface area contributed by atoms with Crippen LogP contribution in [0.4, 0.5) is 0 Å². The molecular formula is C8H17N7O. The number of nitrogens with zero attached hydrogens (tertiary/aromatic N) is 4. The first-order valence-electron chi connectivity index (χ1n) is 4.84. The minimum Gasteiger partial charge on any atom is -0.383 e. The Morgan fingerprint density at radius 1 is 1.69 bits per heavy atom. The normalized spacial score (nSPS) is 11.6. The van der Waals surface area contributed by atoms with Gasteiger partial charge in [0.2, 0.25) is 5.96 Å². The predicted octanol–water partition coefficient (Wildman–Crippen LogP) is -1.63. The number of nitrogens with one attached hydrogen (secondary N) is 2. The molecule has 0 amide bonds. The van der Waals surface area contributed by atoms with Crippen molar-refractivity contribution in [1.82, 2.24) is 25.5 Å². The van der Waals surface area contributed by atoms with E-state index in [1.807, 2.05) is 7.05 Å². The summed E-state index contributed by atoms with van der Waals surface area (Å²) in [5.41, 5.74) is 2.47. The van der Waals surface area contributed by atoms with Gasteiger partial charge >= 0.3 is 0 Å². The largest absolute Gasteiger partial charge is 0.383 e. The molecule has 0 saturated heterocycles. The third-order valence-corrected chi connectivity index (χ3v) is 1.92. The molecule has 1 heterocycles. The van der Waals surface area contributed by atoms with E-state index < -0.39 is 0 Å². The molecule has 0 bridgehead atoms. The number of guanidine groups is 1. The van der Waals surface area contributed by atoms with Crippen LogP contribution in [-0.4, -0.2) is 41.0 Å². The van der Waals surface area contributed by atoms with Crippen molar-refractivity contribution in [3.05, 3.63) is 12.2 Å².